The first kappa shape index (κ1) is 13.7. The average Bonchev–Trinajstić information content (AvgIpc) is 2.46. The fourth-order valence-electron chi connectivity index (χ4n) is 2.23. The highest BCUT2D eigenvalue weighted by atomic mass is 16.5. The van der Waals surface area contributed by atoms with E-state index in [9.17, 15) is 4.79 Å². The zero-order valence-electron chi connectivity index (χ0n) is 11.2. The monoisotopic (exact) mass is 263 g/mol. The van der Waals surface area contributed by atoms with Gasteiger partial charge < -0.3 is 20.7 Å². The van der Waals surface area contributed by atoms with E-state index in [1.54, 1.807) is 7.11 Å². The summed E-state index contributed by atoms with van der Waals surface area (Å²) in [5, 5.41) is 9.14. The Morgan fingerprint density at radius 1 is 1.37 bits per heavy atom. The SMILES string of the molecule is COc1ccccc1CNC(=O)NC1CCNCC1. The lowest BCUT2D eigenvalue weighted by Crippen LogP contribution is -2.46. The number of piperidine rings is 1. The molecule has 1 aromatic carbocycles. The van der Waals surface area contributed by atoms with Crippen LogP contribution in [0.25, 0.3) is 0 Å². The van der Waals surface area contributed by atoms with Crippen LogP contribution < -0.4 is 20.7 Å². The molecule has 0 saturated carbocycles. The van der Waals surface area contributed by atoms with Crippen LogP contribution in [0.4, 0.5) is 4.79 Å². The number of hydrogen-bond acceptors (Lipinski definition) is 3. The number of urea groups is 1. The van der Waals surface area contributed by atoms with Gasteiger partial charge in [0.15, 0.2) is 0 Å². The molecule has 0 spiro atoms. The van der Waals surface area contributed by atoms with Crippen molar-refractivity contribution < 1.29 is 9.53 Å². The normalized spacial score (nSPS) is 15.8. The number of nitrogens with one attached hydrogen (secondary N) is 3. The molecule has 2 rings (SSSR count). The minimum atomic E-state index is -0.113. The first-order chi connectivity index (χ1) is 9.29. The quantitative estimate of drug-likeness (QED) is 0.766. The van der Waals surface area contributed by atoms with Crippen LogP contribution in [0.5, 0.6) is 5.75 Å². The first-order valence-corrected chi connectivity index (χ1v) is 6.66. The molecule has 0 unspecified atom stereocenters. The fraction of sp³-hybridized carbons (Fsp3) is 0.500. The van der Waals surface area contributed by atoms with Gasteiger partial charge in [-0.1, -0.05) is 18.2 Å². The molecule has 19 heavy (non-hydrogen) atoms. The van der Waals surface area contributed by atoms with Gasteiger partial charge in [-0.2, -0.15) is 0 Å². The molecule has 0 aliphatic carbocycles. The number of methoxy groups -OCH3 is 1. The van der Waals surface area contributed by atoms with E-state index >= 15 is 0 Å². The zero-order chi connectivity index (χ0) is 13.5. The Bertz CT molecular complexity index is 417. The summed E-state index contributed by atoms with van der Waals surface area (Å²) < 4.78 is 5.25. The Balaban J connectivity index is 1.79. The number of rotatable bonds is 4. The van der Waals surface area contributed by atoms with Crippen LogP contribution in [-0.4, -0.2) is 32.3 Å². The van der Waals surface area contributed by atoms with E-state index in [-0.39, 0.29) is 12.1 Å². The van der Waals surface area contributed by atoms with Crippen LogP contribution in [0.2, 0.25) is 0 Å². The van der Waals surface area contributed by atoms with Gasteiger partial charge in [0.25, 0.3) is 0 Å². The number of hydrogen-bond donors (Lipinski definition) is 3. The van der Waals surface area contributed by atoms with Gasteiger partial charge in [-0.05, 0) is 32.0 Å². The van der Waals surface area contributed by atoms with Crippen molar-refractivity contribution in [3.8, 4) is 5.75 Å². The number of ether oxygens (including phenoxy) is 1. The molecule has 2 amide bonds. The lowest BCUT2D eigenvalue weighted by molar-refractivity contribution is 0.233. The molecular formula is C14H21N3O2. The van der Waals surface area contributed by atoms with E-state index in [4.69, 9.17) is 4.74 Å². The van der Waals surface area contributed by atoms with Gasteiger partial charge in [0.05, 0.1) is 7.11 Å². The molecule has 5 nitrogen and oxygen atoms in total. The van der Waals surface area contributed by atoms with Gasteiger partial charge in [-0.25, -0.2) is 4.79 Å². The number of carbonyl (C=O) groups excluding carboxylic acids is 1. The van der Waals surface area contributed by atoms with Crippen LogP contribution >= 0.6 is 0 Å². The number of para-hydroxylation sites is 1. The van der Waals surface area contributed by atoms with Crippen molar-refractivity contribution in [3.05, 3.63) is 29.8 Å². The summed E-state index contributed by atoms with van der Waals surface area (Å²) in [5.74, 6) is 0.796. The van der Waals surface area contributed by atoms with E-state index in [1.165, 1.54) is 0 Å². The molecule has 1 fully saturated rings. The highest BCUT2D eigenvalue weighted by Crippen LogP contribution is 2.16. The molecule has 1 heterocycles. The predicted molar refractivity (Wildman–Crippen MR) is 74.3 cm³/mol. The second-order valence-corrected chi connectivity index (χ2v) is 4.66. The Morgan fingerprint density at radius 2 is 2.11 bits per heavy atom. The number of amides is 2. The van der Waals surface area contributed by atoms with Crippen molar-refractivity contribution >= 4 is 6.03 Å². The van der Waals surface area contributed by atoms with Gasteiger partial charge in [0.2, 0.25) is 0 Å². The minimum absolute atomic E-state index is 0.113. The Labute approximate surface area is 113 Å². The van der Waals surface area contributed by atoms with Crippen LogP contribution in [0, 0.1) is 0 Å². The van der Waals surface area contributed by atoms with E-state index < -0.39 is 0 Å². The topological polar surface area (TPSA) is 62.4 Å². The summed E-state index contributed by atoms with van der Waals surface area (Å²) in [6.45, 7) is 2.41. The number of benzene rings is 1. The maximum Gasteiger partial charge on any atom is 0.315 e. The third kappa shape index (κ3) is 4.13. The molecule has 5 heteroatoms. The summed E-state index contributed by atoms with van der Waals surface area (Å²) in [5.41, 5.74) is 0.977. The average molecular weight is 263 g/mol. The lowest BCUT2D eigenvalue weighted by Gasteiger charge is -2.23. The van der Waals surface area contributed by atoms with Gasteiger partial charge in [-0.3, -0.25) is 0 Å². The Kier molecular flexibility index (Phi) is 5.03. The second kappa shape index (κ2) is 6.99. The molecule has 1 aliphatic heterocycles. The van der Waals surface area contributed by atoms with E-state index in [0.717, 1.165) is 37.2 Å². The Morgan fingerprint density at radius 3 is 2.84 bits per heavy atom. The second-order valence-electron chi connectivity index (χ2n) is 4.66. The largest absolute Gasteiger partial charge is 0.496 e. The molecule has 104 valence electrons. The summed E-state index contributed by atoms with van der Waals surface area (Å²) in [4.78, 5) is 11.8. The summed E-state index contributed by atoms with van der Waals surface area (Å²) in [7, 11) is 1.63. The molecule has 0 atom stereocenters. The highest BCUT2D eigenvalue weighted by molar-refractivity contribution is 5.74. The fourth-order valence-corrected chi connectivity index (χ4v) is 2.23. The summed E-state index contributed by atoms with van der Waals surface area (Å²) in [6.07, 6.45) is 1.98. The minimum Gasteiger partial charge on any atom is -0.496 e. The summed E-state index contributed by atoms with van der Waals surface area (Å²) in [6, 6.07) is 7.85. The first-order valence-electron chi connectivity index (χ1n) is 6.66. The molecule has 1 aliphatic rings. The smallest absolute Gasteiger partial charge is 0.315 e. The van der Waals surface area contributed by atoms with E-state index in [0.29, 0.717) is 6.54 Å². The predicted octanol–water partition coefficient (Wildman–Crippen LogP) is 1.25. The van der Waals surface area contributed by atoms with Crippen LogP contribution in [0.15, 0.2) is 24.3 Å². The number of carbonyl (C=O) groups is 1. The maximum absolute atomic E-state index is 11.8. The molecule has 3 N–H and O–H groups in total. The molecule has 1 aromatic rings. The third-order valence-electron chi connectivity index (χ3n) is 3.31. The van der Waals surface area contributed by atoms with Gasteiger partial charge in [0.1, 0.15) is 5.75 Å². The van der Waals surface area contributed by atoms with Gasteiger partial charge in [-0.15, -0.1) is 0 Å². The standard InChI is InChI=1S/C14H21N3O2/c1-19-13-5-3-2-4-11(13)10-16-14(18)17-12-6-8-15-9-7-12/h2-5,12,15H,6-10H2,1H3,(H2,16,17,18). The van der Waals surface area contributed by atoms with Crippen LogP contribution in [0.3, 0.4) is 0 Å². The lowest BCUT2D eigenvalue weighted by atomic mass is 10.1. The molecule has 0 aromatic heterocycles. The van der Waals surface area contributed by atoms with Crippen molar-refractivity contribution in [2.45, 2.75) is 25.4 Å². The van der Waals surface area contributed by atoms with E-state index in [1.807, 2.05) is 24.3 Å². The van der Waals surface area contributed by atoms with Crippen molar-refractivity contribution in [1.29, 1.82) is 0 Å². The molecule has 0 bridgehead atoms. The van der Waals surface area contributed by atoms with Crippen LogP contribution in [-0.2, 0) is 6.54 Å². The Hall–Kier alpha value is -1.75. The zero-order valence-corrected chi connectivity index (χ0v) is 11.2. The molecule has 0 radical (unpaired) electrons. The van der Waals surface area contributed by atoms with Crippen molar-refractivity contribution in [3.63, 3.8) is 0 Å². The van der Waals surface area contributed by atoms with Gasteiger partial charge >= 0.3 is 6.03 Å². The highest BCUT2D eigenvalue weighted by Gasteiger charge is 2.15. The van der Waals surface area contributed by atoms with Crippen molar-refractivity contribution in [1.82, 2.24) is 16.0 Å². The van der Waals surface area contributed by atoms with Crippen molar-refractivity contribution in [2.75, 3.05) is 20.2 Å². The molecular weight excluding hydrogens is 242 g/mol. The molecule has 1 saturated heterocycles. The van der Waals surface area contributed by atoms with Crippen LogP contribution in [0.1, 0.15) is 18.4 Å². The van der Waals surface area contributed by atoms with E-state index in [2.05, 4.69) is 16.0 Å². The van der Waals surface area contributed by atoms with Crippen molar-refractivity contribution in [2.24, 2.45) is 0 Å². The summed E-state index contributed by atoms with van der Waals surface area (Å²) >= 11 is 0. The maximum atomic E-state index is 11.8. The third-order valence-corrected chi connectivity index (χ3v) is 3.31. The van der Waals surface area contributed by atoms with Gasteiger partial charge in [0, 0.05) is 18.2 Å².